The van der Waals surface area contributed by atoms with Gasteiger partial charge < -0.3 is 14.8 Å². The van der Waals surface area contributed by atoms with Gasteiger partial charge in [-0.15, -0.1) is 0 Å². The predicted octanol–water partition coefficient (Wildman–Crippen LogP) is 2.67. The minimum absolute atomic E-state index is 0.0113. The van der Waals surface area contributed by atoms with Gasteiger partial charge in [0.25, 0.3) is 0 Å². The standard InChI is InChI=1S/C19H22FN3O3/c1-25-17-5-3-2-4-13(17)10-18(24)23-15-6-8-16(9-7-15)26-19-21-11-14(20)12-22-19/h2-5,11-12,15-16H,6-10H2,1H3,(H,23,24). The topological polar surface area (TPSA) is 73.3 Å². The van der Waals surface area contributed by atoms with Crippen LogP contribution in [0.25, 0.3) is 0 Å². The molecule has 1 aliphatic rings. The van der Waals surface area contributed by atoms with Crippen molar-refractivity contribution in [1.29, 1.82) is 0 Å². The number of halogens is 1. The third-order valence-electron chi connectivity index (χ3n) is 4.45. The highest BCUT2D eigenvalue weighted by Gasteiger charge is 2.24. The van der Waals surface area contributed by atoms with E-state index in [2.05, 4.69) is 15.3 Å². The average molecular weight is 359 g/mol. The van der Waals surface area contributed by atoms with Gasteiger partial charge in [0.05, 0.1) is 25.9 Å². The van der Waals surface area contributed by atoms with Crippen molar-refractivity contribution in [3.8, 4) is 11.8 Å². The monoisotopic (exact) mass is 359 g/mol. The number of carbonyl (C=O) groups is 1. The lowest BCUT2D eigenvalue weighted by molar-refractivity contribution is -0.121. The number of rotatable bonds is 6. The lowest BCUT2D eigenvalue weighted by atomic mass is 9.92. The van der Waals surface area contributed by atoms with Crippen LogP contribution in [-0.2, 0) is 11.2 Å². The summed E-state index contributed by atoms with van der Waals surface area (Å²) < 4.78 is 23.8. The van der Waals surface area contributed by atoms with Crippen LogP contribution in [0.1, 0.15) is 31.2 Å². The van der Waals surface area contributed by atoms with E-state index in [9.17, 15) is 9.18 Å². The van der Waals surface area contributed by atoms with E-state index in [1.165, 1.54) is 0 Å². The maximum atomic E-state index is 12.8. The Morgan fingerprint density at radius 2 is 1.88 bits per heavy atom. The second kappa shape index (κ2) is 8.60. The van der Waals surface area contributed by atoms with E-state index in [0.29, 0.717) is 6.42 Å². The van der Waals surface area contributed by atoms with Crippen LogP contribution in [0, 0.1) is 5.82 Å². The summed E-state index contributed by atoms with van der Waals surface area (Å²) in [6.45, 7) is 0. The normalized spacial score (nSPS) is 19.6. The van der Waals surface area contributed by atoms with Gasteiger partial charge in [-0.1, -0.05) is 18.2 Å². The minimum atomic E-state index is -0.487. The summed E-state index contributed by atoms with van der Waals surface area (Å²) in [6.07, 6.45) is 5.69. The van der Waals surface area contributed by atoms with Crippen molar-refractivity contribution in [2.75, 3.05) is 7.11 Å². The molecule has 1 saturated carbocycles. The van der Waals surface area contributed by atoms with Gasteiger partial charge in [0.2, 0.25) is 5.91 Å². The van der Waals surface area contributed by atoms with Crippen molar-refractivity contribution in [1.82, 2.24) is 15.3 Å². The summed E-state index contributed by atoms with van der Waals surface area (Å²) in [6, 6.07) is 7.84. The third-order valence-corrected chi connectivity index (χ3v) is 4.45. The molecule has 1 heterocycles. The number of amides is 1. The molecule has 3 rings (SSSR count). The lowest BCUT2D eigenvalue weighted by Crippen LogP contribution is -2.40. The molecule has 0 aliphatic heterocycles. The zero-order valence-electron chi connectivity index (χ0n) is 14.7. The molecule has 0 saturated heterocycles. The van der Waals surface area contributed by atoms with E-state index in [-0.39, 0.29) is 24.1 Å². The number of benzene rings is 1. The molecule has 1 N–H and O–H groups in total. The zero-order chi connectivity index (χ0) is 18.4. The number of methoxy groups -OCH3 is 1. The fourth-order valence-electron chi connectivity index (χ4n) is 3.14. The van der Waals surface area contributed by atoms with Gasteiger partial charge in [-0.3, -0.25) is 4.79 Å². The van der Waals surface area contributed by atoms with Crippen molar-refractivity contribution in [2.24, 2.45) is 0 Å². The SMILES string of the molecule is COc1ccccc1CC(=O)NC1CCC(Oc2ncc(F)cn2)CC1. The zero-order valence-corrected chi connectivity index (χ0v) is 14.7. The summed E-state index contributed by atoms with van der Waals surface area (Å²) in [5.74, 6) is 0.221. The van der Waals surface area contributed by atoms with Crippen LogP contribution in [0.5, 0.6) is 11.8 Å². The Hall–Kier alpha value is -2.70. The largest absolute Gasteiger partial charge is 0.496 e. The van der Waals surface area contributed by atoms with E-state index in [1.54, 1.807) is 7.11 Å². The number of hydrogen-bond acceptors (Lipinski definition) is 5. The Balaban J connectivity index is 1.44. The molecule has 7 heteroatoms. The Morgan fingerprint density at radius 3 is 2.58 bits per heavy atom. The number of para-hydroxylation sites is 1. The molecule has 0 unspecified atom stereocenters. The van der Waals surface area contributed by atoms with Crippen molar-refractivity contribution < 1.29 is 18.7 Å². The number of hydrogen-bond donors (Lipinski definition) is 1. The van der Waals surface area contributed by atoms with Gasteiger partial charge in [-0.05, 0) is 31.7 Å². The van der Waals surface area contributed by atoms with Crippen molar-refractivity contribution in [3.63, 3.8) is 0 Å². The highest BCUT2D eigenvalue weighted by molar-refractivity contribution is 5.79. The quantitative estimate of drug-likeness (QED) is 0.858. The molecule has 1 amide bonds. The molecule has 0 radical (unpaired) electrons. The molecule has 1 aromatic carbocycles. The van der Waals surface area contributed by atoms with Gasteiger partial charge in [0, 0.05) is 11.6 Å². The molecule has 6 nitrogen and oxygen atoms in total. The van der Waals surface area contributed by atoms with Crippen molar-refractivity contribution in [2.45, 2.75) is 44.2 Å². The predicted molar refractivity (Wildman–Crippen MR) is 93.5 cm³/mol. The molecule has 26 heavy (non-hydrogen) atoms. The maximum absolute atomic E-state index is 12.8. The highest BCUT2D eigenvalue weighted by atomic mass is 19.1. The first-order valence-corrected chi connectivity index (χ1v) is 8.69. The summed E-state index contributed by atoms with van der Waals surface area (Å²) >= 11 is 0. The van der Waals surface area contributed by atoms with Gasteiger partial charge >= 0.3 is 6.01 Å². The van der Waals surface area contributed by atoms with Crippen molar-refractivity contribution >= 4 is 5.91 Å². The summed E-state index contributed by atoms with van der Waals surface area (Å²) in [5, 5.41) is 3.08. The number of aromatic nitrogens is 2. The molecule has 1 aromatic heterocycles. The van der Waals surface area contributed by atoms with Gasteiger partial charge in [0.15, 0.2) is 5.82 Å². The molecule has 0 atom stereocenters. The van der Waals surface area contributed by atoms with Crippen LogP contribution >= 0.6 is 0 Å². The third kappa shape index (κ3) is 4.91. The molecule has 1 fully saturated rings. The average Bonchev–Trinajstić information content (AvgIpc) is 2.65. The lowest BCUT2D eigenvalue weighted by Gasteiger charge is -2.28. The summed E-state index contributed by atoms with van der Waals surface area (Å²) in [4.78, 5) is 19.9. The first-order valence-electron chi connectivity index (χ1n) is 8.69. The Kier molecular flexibility index (Phi) is 5.99. The Bertz CT molecular complexity index is 731. The smallest absolute Gasteiger partial charge is 0.316 e. The second-order valence-corrected chi connectivity index (χ2v) is 6.33. The number of nitrogens with zero attached hydrogens (tertiary/aromatic N) is 2. The number of nitrogens with one attached hydrogen (secondary N) is 1. The number of carbonyl (C=O) groups excluding carboxylic acids is 1. The van der Waals surface area contributed by atoms with Crippen LogP contribution < -0.4 is 14.8 Å². The first-order chi connectivity index (χ1) is 12.6. The molecule has 0 bridgehead atoms. The van der Waals surface area contributed by atoms with Crippen LogP contribution in [-0.4, -0.2) is 35.1 Å². The second-order valence-electron chi connectivity index (χ2n) is 6.33. The summed E-state index contributed by atoms with van der Waals surface area (Å²) in [5.41, 5.74) is 0.873. The van der Waals surface area contributed by atoms with E-state index in [0.717, 1.165) is 49.4 Å². The van der Waals surface area contributed by atoms with Crippen molar-refractivity contribution in [3.05, 3.63) is 48.0 Å². The fourth-order valence-corrected chi connectivity index (χ4v) is 3.14. The minimum Gasteiger partial charge on any atom is -0.496 e. The maximum Gasteiger partial charge on any atom is 0.316 e. The van der Waals surface area contributed by atoms with Gasteiger partial charge in [0.1, 0.15) is 11.9 Å². The Morgan fingerprint density at radius 1 is 1.19 bits per heavy atom. The van der Waals surface area contributed by atoms with Crippen LogP contribution in [0.2, 0.25) is 0 Å². The van der Waals surface area contributed by atoms with E-state index < -0.39 is 5.82 Å². The van der Waals surface area contributed by atoms with Gasteiger partial charge in [-0.25, -0.2) is 14.4 Å². The van der Waals surface area contributed by atoms with Crippen LogP contribution in [0.4, 0.5) is 4.39 Å². The Labute approximate surface area is 151 Å². The molecular weight excluding hydrogens is 337 g/mol. The van der Waals surface area contributed by atoms with Crippen LogP contribution in [0.3, 0.4) is 0 Å². The number of ether oxygens (including phenoxy) is 2. The van der Waals surface area contributed by atoms with E-state index in [4.69, 9.17) is 9.47 Å². The molecular formula is C19H22FN3O3. The molecule has 1 aliphatic carbocycles. The van der Waals surface area contributed by atoms with Crippen LogP contribution in [0.15, 0.2) is 36.7 Å². The molecule has 138 valence electrons. The highest BCUT2D eigenvalue weighted by Crippen LogP contribution is 2.23. The fraction of sp³-hybridized carbons (Fsp3) is 0.421. The first kappa shape index (κ1) is 18.1. The van der Waals surface area contributed by atoms with E-state index >= 15 is 0 Å². The van der Waals surface area contributed by atoms with Gasteiger partial charge in [-0.2, -0.15) is 0 Å². The molecule has 0 spiro atoms. The molecule has 2 aromatic rings. The summed E-state index contributed by atoms with van der Waals surface area (Å²) in [7, 11) is 1.60. The van der Waals surface area contributed by atoms with E-state index in [1.807, 2.05) is 24.3 Å².